The number of aromatic nitrogens is 2. The zero-order valence-corrected chi connectivity index (χ0v) is 8.22. The van der Waals surface area contributed by atoms with Crippen LogP contribution in [0.2, 0.25) is 0 Å². The lowest BCUT2D eigenvalue weighted by Crippen LogP contribution is -2.54. The predicted molar refractivity (Wildman–Crippen MR) is 54.4 cm³/mol. The monoisotopic (exact) mass is 188 g/mol. The van der Waals surface area contributed by atoms with Crippen LogP contribution in [0, 0.1) is 0 Å². The molecule has 1 aromatic carbocycles. The fraction of sp³-hybridized carbons (Fsp3) is 0.182. The van der Waals surface area contributed by atoms with Gasteiger partial charge in [-0.1, -0.05) is 30.3 Å². The molecular formula is C11H14N3+. The molecule has 1 atom stereocenters. The van der Waals surface area contributed by atoms with Gasteiger partial charge in [0.25, 0.3) is 0 Å². The van der Waals surface area contributed by atoms with Crippen LogP contribution in [0.4, 0.5) is 0 Å². The summed E-state index contributed by atoms with van der Waals surface area (Å²) < 4.78 is 2.00. The molecule has 0 bridgehead atoms. The predicted octanol–water partition coefficient (Wildman–Crippen LogP) is 0.751. The van der Waals surface area contributed by atoms with Crippen molar-refractivity contribution in [3.63, 3.8) is 0 Å². The lowest BCUT2D eigenvalue weighted by molar-refractivity contribution is -0.414. The first kappa shape index (κ1) is 8.97. The first-order valence-corrected chi connectivity index (χ1v) is 4.64. The smallest absolute Gasteiger partial charge is 0.172 e. The minimum atomic E-state index is 0.108. The summed E-state index contributed by atoms with van der Waals surface area (Å²) in [6.45, 7) is 0. The second kappa shape index (κ2) is 3.64. The molecule has 2 rings (SSSR count). The van der Waals surface area contributed by atoms with Crippen molar-refractivity contribution in [2.75, 3.05) is 0 Å². The quantitative estimate of drug-likeness (QED) is 0.742. The summed E-state index contributed by atoms with van der Waals surface area (Å²) in [7, 11) is 1.99. The Hall–Kier alpha value is -1.61. The number of hydrogen-bond donors (Lipinski definition) is 1. The molecule has 0 saturated carbocycles. The number of hydrogen-bond acceptors (Lipinski definition) is 1. The fourth-order valence-electron chi connectivity index (χ4n) is 1.55. The average Bonchev–Trinajstić information content (AvgIpc) is 2.65. The van der Waals surface area contributed by atoms with Crippen LogP contribution >= 0.6 is 0 Å². The second-order valence-corrected chi connectivity index (χ2v) is 3.36. The number of benzene rings is 1. The van der Waals surface area contributed by atoms with Crippen LogP contribution in [0.3, 0.4) is 0 Å². The molecule has 3 N–H and O–H groups in total. The molecule has 3 nitrogen and oxygen atoms in total. The molecule has 1 heterocycles. The second-order valence-electron chi connectivity index (χ2n) is 3.36. The summed E-state index contributed by atoms with van der Waals surface area (Å²) in [5, 5.41) is 0. The third kappa shape index (κ3) is 1.54. The molecular weight excluding hydrogens is 174 g/mol. The van der Waals surface area contributed by atoms with Crippen molar-refractivity contribution in [3.05, 3.63) is 54.1 Å². The van der Waals surface area contributed by atoms with Gasteiger partial charge in [0.2, 0.25) is 0 Å². The number of rotatable bonds is 2. The summed E-state index contributed by atoms with van der Waals surface area (Å²) in [4.78, 5) is 4.29. The lowest BCUT2D eigenvalue weighted by atomic mass is 10.1. The van der Waals surface area contributed by atoms with E-state index < -0.39 is 0 Å². The van der Waals surface area contributed by atoms with Gasteiger partial charge in [-0.3, -0.25) is 0 Å². The van der Waals surface area contributed by atoms with Crippen LogP contribution in [0.25, 0.3) is 0 Å². The van der Waals surface area contributed by atoms with Gasteiger partial charge in [0.05, 0.1) is 0 Å². The zero-order valence-electron chi connectivity index (χ0n) is 8.22. The van der Waals surface area contributed by atoms with E-state index in [4.69, 9.17) is 0 Å². The molecule has 0 unspecified atom stereocenters. The van der Waals surface area contributed by atoms with E-state index in [0.29, 0.717) is 0 Å². The minimum absolute atomic E-state index is 0.108. The van der Waals surface area contributed by atoms with Gasteiger partial charge in [-0.05, 0) is 0 Å². The van der Waals surface area contributed by atoms with Crippen molar-refractivity contribution in [3.8, 4) is 0 Å². The molecule has 0 spiro atoms. The van der Waals surface area contributed by atoms with Gasteiger partial charge >= 0.3 is 0 Å². The maximum Gasteiger partial charge on any atom is 0.172 e. The molecule has 3 heteroatoms. The summed E-state index contributed by atoms with van der Waals surface area (Å²) in [6.07, 6.45) is 3.74. The van der Waals surface area contributed by atoms with E-state index in [1.807, 2.05) is 36.0 Å². The van der Waals surface area contributed by atoms with Crippen molar-refractivity contribution in [1.82, 2.24) is 9.55 Å². The molecule has 0 saturated heterocycles. The Morgan fingerprint density at radius 1 is 1.29 bits per heavy atom. The Kier molecular flexibility index (Phi) is 2.33. The molecule has 0 aliphatic carbocycles. The van der Waals surface area contributed by atoms with Gasteiger partial charge in [0.15, 0.2) is 11.9 Å². The number of imidazole rings is 1. The maximum atomic E-state index is 4.29. The number of nitrogens with zero attached hydrogens (tertiary/aromatic N) is 2. The van der Waals surface area contributed by atoms with Crippen molar-refractivity contribution in [2.45, 2.75) is 6.04 Å². The SMILES string of the molecule is Cn1ccnc1[C@H]([NH3+])c1ccccc1. The van der Waals surface area contributed by atoms with E-state index in [0.717, 1.165) is 5.82 Å². The number of aryl methyl sites for hydroxylation is 1. The van der Waals surface area contributed by atoms with E-state index in [9.17, 15) is 0 Å². The molecule has 72 valence electrons. The first-order chi connectivity index (χ1) is 6.79. The van der Waals surface area contributed by atoms with Crippen molar-refractivity contribution in [1.29, 1.82) is 0 Å². The molecule has 1 aromatic heterocycles. The third-order valence-corrected chi connectivity index (χ3v) is 2.37. The highest BCUT2D eigenvalue weighted by atomic mass is 15.1. The Bertz CT molecular complexity index is 405. The third-order valence-electron chi connectivity index (χ3n) is 2.37. The van der Waals surface area contributed by atoms with Crippen LogP contribution < -0.4 is 5.73 Å². The van der Waals surface area contributed by atoms with Crippen LogP contribution in [-0.2, 0) is 7.05 Å². The van der Waals surface area contributed by atoms with Crippen molar-refractivity contribution < 1.29 is 5.73 Å². The molecule has 2 aromatic rings. The van der Waals surface area contributed by atoms with Crippen LogP contribution in [0.1, 0.15) is 17.4 Å². The Morgan fingerprint density at radius 3 is 2.57 bits per heavy atom. The first-order valence-electron chi connectivity index (χ1n) is 4.64. The summed E-state index contributed by atoms with van der Waals surface area (Å²) in [5.41, 5.74) is 5.32. The highest BCUT2D eigenvalue weighted by Gasteiger charge is 2.15. The molecule has 0 fully saturated rings. The topological polar surface area (TPSA) is 45.5 Å². The normalized spacial score (nSPS) is 12.7. The van der Waals surface area contributed by atoms with Gasteiger partial charge in [-0.2, -0.15) is 0 Å². The Labute approximate surface area is 83.2 Å². The molecule has 14 heavy (non-hydrogen) atoms. The van der Waals surface area contributed by atoms with Gasteiger partial charge in [-0.25, -0.2) is 4.98 Å². The molecule has 0 aliphatic heterocycles. The van der Waals surface area contributed by atoms with Crippen molar-refractivity contribution >= 4 is 0 Å². The van der Waals surface area contributed by atoms with Gasteiger partial charge < -0.3 is 10.3 Å². The zero-order chi connectivity index (χ0) is 9.97. The Balaban J connectivity index is 2.34. The fourth-order valence-corrected chi connectivity index (χ4v) is 1.55. The van der Waals surface area contributed by atoms with E-state index in [-0.39, 0.29) is 6.04 Å². The van der Waals surface area contributed by atoms with Crippen LogP contribution in [0.15, 0.2) is 42.7 Å². The highest BCUT2D eigenvalue weighted by Crippen LogP contribution is 2.14. The van der Waals surface area contributed by atoms with E-state index in [1.54, 1.807) is 6.20 Å². The van der Waals surface area contributed by atoms with E-state index in [2.05, 4.69) is 22.9 Å². The maximum absolute atomic E-state index is 4.29. The van der Waals surface area contributed by atoms with Crippen LogP contribution in [0.5, 0.6) is 0 Å². The van der Waals surface area contributed by atoms with E-state index in [1.165, 1.54) is 5.56 Å². The Morgan fingerprint density at radius 2 is 2.00 bits per heavy atom. The van der Waals surface area contributed by atoms with Gasteiger partial charge in [0, 0.05) is 25.0 Å². The van der Waals surface area contributed by atoms with Crippen molar-refractivity contribution in [2.24, 2.45) is 7.05 Å². The summed E-state index contributed by atoms with van der Waals surface area (Å²) >= 11 is 0. The molecule has 0 aliphatic rings. The summed E-state index contributed by atoms with van der Waals surface area (Å²) in [6, 6.07) is 10.3. The summed E-state index contributed by atoms with van der Waals surface area (Å²) in [5.74, 6) is 0.996. The molecule has 0 amide bonds. The van der Waals surface area contributed by atoms with E-state index >= 15 is 0 Å². The van der Waals surface area contributed by atoms with Crippen LogP contribution in [-0.4, -0.2) is 9.55 Å². The van der Waals surface area contributed by atoms with Gasteiger partial charge in [0.1, 0.15) is 0 Å². The molecule has 0 radical (unpaired) electrons. The minimum Gasteiger partial charge on any atom is -0.345 e. The number of quaternary nitrogens is 1. The van der Waals surface area contributed by atoms with Gasteiger partial charge in [-0.15, -0.1) is 0 Å². The standard InChI is InChI=1S/C11H13N3/c1-14-8-7-13-11(14)10(12)9-5-3-2-4-6-9/h2-8,10H,12H2,1H3/p+1/t10-/m1/s1. The highest BCUT2D eigenvalue weighted by molar-refractivity contribution is 5.22. The average molecular weight is 188 g/mol. The largest absolute Gasteiger partial charge is 0.345 e. The lowest BCUT2D eigenvalue weighted by Gasteiger charge is -2.08.